The number of aromatic nitrogens is 2. The number of benzene rings is 3. The summed E-state index contributed by atoms with van der Waals surface area (Å²) in [4.78, 5) is 0. The summed E-state index contributed by atoms with van der Waals surface area (Å²) < 4.78 is 18.2. The van der Waals surface area contributed by atoms with Crippen LogP contribution < -0.4 is 31.0 Å². The van der Waals surface area contributed by atoms with Gasteiger partial charge in [-0.2, -0.15) is 0 Å². The van der Waals surface area contributed by atoms with E-state index in [1.165, 1.54) is 22.4 Å². The topological polar surface area (TPSA) is 27.3 Å². The lowest BCUT2D eigenvalue weighted by Gasteiger charge is -2.19. The molecule has 0 saturated heterocycles. The normalized spacial score (nSPS) is 11.8. The number of aryl methyl sites for hydroxylation is 1. The Morgan fingerprint density at radius 3 is 1.93 bits per heavy atom. The van der Waals surface area contributed by atoms with Gasteiger partial charge in [-0.15, -0.1) is 0 Å². The highest BCUT2D eigenvalue weighted by atomic mass is 79.9. The van der Waals surface area contributed by atoms with Gasteiger partial charge in [-0.05, 0) is 55.2 Å². The molecule has 4 rings (SSSR count). The fourth-order valence-electron chi connectivity index (χ4n) is 5.47. The summed E-state index contributed by atoms with van der Waals surface area (Å²) >= 11 is 0. The van der Waals surface area contributed by atoms with Crippen LogP contribution in [-0.2, 0) is 13.1 Å². The molecule has 4 nitrogen and oxygen atoms in total. The van der Waals surface area contributed by atoms with Gasteiger partial charge in [0, 0.05) is 16.3 Å². The minimum Gasteiger partial charge on any atom is -1.00 e. The summed E-state index contributed by atoms with van der Waals surface area (Å²) in [5, 5.41) is 2.27. The molecule has 0 aliphatic heterocycles. The number of hydrogen-bond donors (Lipinski definition) is 0. The molecule has 0 spiro atoms. The van der Waals surface area contributed by atoms with E-state index in [0.29, 0.717) is 36.9 Å². The molecule has 0 aliphatic rings. The highest BCUT2D eigenvalue weighted by Crippen LogP contribution is 2.38. The molecule has 0 amide bonds. The summed E-state index contributed by atoms with van der Waals surface area (Å²) in [5.74, 6) is 5.55. The monoisotopic (exact) mass is 622 g/mol. The van der Waals surface area contributed by atoms with Gasteiger partial charge < -0.3 is 26.5 Å². The first-order valence-electron chi connectivity index (χ1n) is 15.5. The third kappa shape index (κ3) is 8.06. The van der Waals surface area contributed by atoms with Gasteiger partial charge >= 0.3 is 0 Å². The first-order chi connectivity index (χ1) is 19.2. The zero-order valence-electron chi connectivity index (χ0n) is 26.5. The van der Waals surface area contributed by atoms with Crippen LogP contribution in [0.15, 0.2) is 54.6 Å². The Labute approximate surface area is 258 Å². The molecule has 0 fully saturated rings. The molecule has 1 aromatic heterocycles. The molecule has 0 unspecified atom stereocenters. The van der Waals surface area contributed by atoms with Crippen molar-refractivity contribution in [1.82, 2.24) is 4.57 Å². The number of imidazole rings is 1. The summed E-state index contributed by atoms with van der Waals surface area (Å²) in [6, 6.07) is 19.7. The second kappa shape index (κ2) is 15.1. The zero-order valence-corrected chi connectivity index (χ0v) is 28.1. The highest BCUT2D eigenvalue weighted by Gasteiger charge is 2.29. The van der Waals surface area contributed by atoms with E-state index in [9.17, 15) is 0 Å². The van der Waals surface area contributed by atoms with Crippen molar-refractivity contribution in [1.29, 1.82) is 0 Å². The van der Waals surface area contributed by atoms with Crippen LogP contribution in [0.4, 0.5) is 0 Å². The molecular formula is C36H51BrN2O2. The van der Waals surface area contributed by atoms with Gasteiger partial charge in [-0.1, -0.05) is 91.8 Å². The van der Waals surface area contributed by atoms with E-state index in [4.69, 9.17) is 9.47 Å². The van der Waals surface area contributed by atoms with Crippen LogP contribution in [0.1, 0.15) is 92.0 Å². The third-order valence-electron chi connectivity index (χ3n) is 7.72. The number of hydrogen-bond acceptors (Lipinski definition) is 2. The fraction of sp³-hybridized carbons (Fsp3) is 0.528. The van der Waals surface area contributed by atoms with Crippen LogP contribution in [0.25, 0.3) is 21.8 Å². The number of ether oxygens (including phenoxy) is 2. The highest BCUT2D eigenvalue weighted by molar-refractivity contribution is 5.94. The van der Waals surface area contributed by atoms with Gasteiger partial charge in [0.1, 0.15) is 18.0 Å². The van der Waals surface area contributed by atoms with Gasteiger partial charge in [0.15, 0.2) is 11.0 Å². The van der Waals surface area contributed by atoms with Gasteiger partial charge in [-0.25, -0.2) is 9.13 Å². The predicted molar refractivity (Wildman–Crippen MR) is 169 cm³/mol. The van der Waals surface area contributed by atoms with Crippen LogP contribution in [0, 0.1) is 17.8 Å². The predicted octanol–water partition coefficient (Wildman–Crippen LogP) is 6.15. The first-order valence-corrected chi connectivity index (χ1v) is 15.5. The third-order valence-corrected chi connectivity index (χ3v) is 7.72. The Kier molecular flexibility index (Phi) is 12.1. The summed E-state index contributed by atoms with van der Waals surface area (Å²) in [5.41, 5.74) is 3.77. The van der Waals surface area contributed by atoms with Crippen molar-refractivity contribution in [2.45, 2.75) is 93.7 Å². The van der Waals surface area contributed by atoms with E-state index in [2.05, 4.69) is 119 Å². The minimum atomic E-state index is 0. The number of halogens is 1. The molecule has 0 aliphatic carbocycles. The van der Waals surface area contributed by atoms with Crippen LogP contribution in [0.5, 0.6) is 11.5 Å². The molecule has 0 N–H and O–H groups in total. The van der Waals surface area contributed by atoms with Crippen LogP contribution in [-0.4, -0.2) is 17.8 Å². The molecular weight excluding hydrogens is 572 g/mol. The summed E-state index contributed by atoms with van der Waals surface area (Å²) in [6.07, 6.45) is 3.22. The summed E-state index contributed by atoms with van der Waals surface area (Å²) in [7, 11) is 0. The van der Waals surface area contributed by atoms with E-state index < -0.39 is 0 Å². The maximum Gasteiger partial charge on any atom is 0.260 e. The first kappa shape index (κ1) is 33.0. The molecule has 5 heteroatoms. The van der Waals surface area contributed by atoms with Crippen LogP contribution in [0.2, 0.25) is 0 Å². The minimum absolute atomic E-state index is 0. The van der Waals surface area contributed by atoms with Gasteiger partial charge in [0.05, 0.1) is 25.7 Å². The molecule has 0 bridgehead atoms. The lowest BCUT2D eigenvalue weighted by atomic mass is 10.0. The molecule has 0 atom stereocenters. The second-order valence-electron chi connectivity index (χ2n) is 12.9. The molecule has 4 aromatic rings. The van der Waals surface area contributed by atoms with E-state index in [1.807, 2.05) is 0 Å². The Morgan fingerprint density at radius 1 is 0.707 bits per heavy atom. The van der Waals surface area contributed by atoms with E-state index in [1.54, 1.807) is 0 Å². The molecule has 0 radical (unpaired) electrons. The zero-order chi connectivity index (χ0) is 28.8. The number of para-hydroxylation sites is 2. The summed E-state index contributed by atoms with van der Waals surface area (Å²) in [6.45, 7) is 21.5. The van der Waals surface area contributed by atoms with Gasteiger partial charge in [0.2, 0.25) is 0 Å². The number of nitrogens with zero attached hydrogens (tertiary/aromatic N) is 2. The quantitative estimate of drug-likeness (QED) is 0.158. The second-order valence-corrected chi connectivity index (χ2v) is 12.9. The number of fused-ring (bicyclic) bond motifs is 2. The van der Waals surface area contributed by atoms with Crippen molar-refractivity contribution >= 4 is 21.8 Å². The molecule has 3 aromatic carbocycles. The largest absolute Gasteiger partial charge is 1.00 e. The molecule has 1 heterocycles. The lowest BCUT2D eigenvalue weighted by Crippen LogP contribution is -3.00. The van der Waals surface area contributed by atoms with Gasteiger partial charge in [-0.3, -0.25) is 0 Å². The molecule has 0 saturated carbocycles. The smallest absolute Gasteiger partial charge is 0.260 e. The van der Waals surface area contributed by atoms with Crippen LogP contribution in [0.3, 0.4) is 0 Å². The Hall–Kier alpha value is -2.53. The van der Waals surface area contributed by atoms with Crippen molar-refractivity contribution in [3.8, 4) is 11.5 Å². The maximum absolute atomic E-state index is 6.65. The van der Waals surface area contributed by atoms with E-state index >= 15 is 0 Å². The van der Waals surface area contributed by atoms with Crippen molar-refractivity contribution in [3.63, 3.8) is 0 Å². The lowest BCUT2D eigenvalue weighted by molar-refractivity contribution is -0.672. The van der Waals surface area contributed by atoms with Crippen molar-refractivity contribution < 1.29 is 31.0 Å². The van der Waals surface area contributed by atoms with E-state index in [-0.39, 0.29) is 17.0 Å². The number of rotatable bonds is 14. The average molecular weight is 624 g/mol. The maximum atomic E-state index is 6.65. The van der Waals surface area contributed by atoms with Gasteiger partial charge in [0.25, 0.3) is 5.82 Å². The Balaban J connectivity index is 0.00000462. The van der Waals surface area contributed by atoms with E-state index in [0.717, 1.165) is 54.6 Å². The van der Waals surface area contributed by atoms with Crippen LogP contribution >= 0.6 is 0 Å². The Morgan fingerprint density at radius 2 is 1.29 bits per heavy atom. The van der Waals surface area contributed by atoms with Crippen molar-refractivity contribution in [2.24, 2.45) is 17.8 Å². The molecule has 41 heavy (non-hydrogen) atoms. The van der Waals surface area contributed by atoms with Crippen molar-refractivity contribution in [3.05, 3.63) is 66.0 Å². The SMILES string of the molecule is CC(C)CCOc1cc(C[n+]2c(C(C)C)n(CCC(C)C)c3ccccc32)c(OCCC(C)C)c2ccccc12.[Br-]. The molecule has 224 valence electrons. The fourth-order valence-corrected chi connectivity index (χ4v) is 5.47. The van der Waals surface area contributed by atoms with Crippen molar-refractivity contribution in [2.75, 3.05) is 13.2 Å². The standard InChI is InChI=1S/C36H51N2O2.BrH/c1-25(2)17-20-37-32-15-11-12-16-33(32)38(36(37)28(7)8)24-29-23-34(39-21-18-26(3)4)30-13-9-10-14-31(30)35(29)40-22-19-27(5)6;/h9-16,23,25-28H,17-22,24H2,1-8H3;1H/q+1;/p-1. The Bertz CT molecular complexity index is 1400. The average Bonchev–Trinajstić information content (AvgIpc) is 3.22.